The number of aryl methyl sites for hydroxylation is 2. The van der Waals surface area contributed by atoms with Crippen LogP contribution in [-0.4, -0.2) is 25.5 Å². The van der Waals surface area contributed by atoms with E-state index in [0.717, 1.165) is 19.4 Å². The summed E-state index contributed by atoms with van der Waals surface area (Å²) in [5.41, 5.74) is 10.3. The first-order valence-corrected chi connectivity index (χ1v) is 7.20. The minimum absolute atomic E-state index is 0.515. The average molecular weight is 246 g/mol. The molecule has 1 aliphatic rings. The highest BCUT2D eigenvalue weighted by Gasteiger charge is 2.16. The van der Waals surface area contributed by atoms with Gasteiger partial charge in [0.15, 0.2) is 0 Å². The van der Waals surface area contributed by atoms with Crippen molar-refractivity contribution in [1.29, 1.82) is 0 Å². The molecule has 1 atom stereocenters. The van der Waals surface area contributed by atoms with Gasteiger partial charge in [-0.1, -0.05) is 18.2 Å². The van der Waals surface area contributed by atoms with Crippen molar-refractivity contribution in [2.45, 2.75) is 44.6 Å². The molecule has 0 radical (unpaired) electrons. The van der Waals surface area contributed by atoms with Crippen molar-refractivity contribution in [1.82, 2.24) is 4.90 Å². The summed E-state index contributed by atoms with van der Waals surface area (Å²) < 4.78 is 0. The van der Waals surface area contributed by atoms with Crippen LogP contribution in [0.2, 0.25) is 0 Å². The van der Waals surface area contributed by atoms with Gasteiger partial charge in [0.1, 0.15) is 0 Å². The monoisotopic (exact) mass is 246 g/mol. The smallest absolute Gasteiger partial charge is 0.0342 e. The van der Waals surface area contributed by atoms with Gasteiger partial charge in [-0.05, 0) is 75.9 Å². The summed E-state index contributed by atoms with van der Waals surface area (Å²) in [6, 6.07) is 7.63. The fourth-order valence-electron chi connectivity index (χ4n) is 2.99. The van der Waals surface area contributed by atoms with Gasteiger partial charge in [-0.2, -0.15) is 0 Å². The maximum absolute atomic E-state index is 5.65. The van der Waals surface area contributed by atoms with E-state index < -0.39 is 0 Å². The third-order valence-corrected chi connectivity index (χ3v) is 4.06. The molecule has 1 unspecified atom stereocenters. The summed E-state index contributed by atoms with van der Waals surface area (Å²) in [7, 11) is 4.33. The fraction of sp³-hybridized carbons (Fsp3) is 0.625. The molecule has 0 saturated carbocycles. The first kappa shape index (κ1) is 13.6. The Morgan fingerprint density at radius 1 is 1.17 bits per heavy atom. The second-order valence-electron chi connectivity index (χ2n) is 5.65. The predicted octanol–water partition coefficient (Wildman–Crippen LogP) is 2.91. The highest BCUT2D eigenvalue weighted by Crippen LogP contribution is 2.28. The number of benzene rings is 1. The van der Waals surface area contributed by atoms with Gasteiger partial charge in [0, 0.05) is 6.04 Å². The van der Waals surface area contributed by atoms with E-state index in [0.29, 0.717) is 6.04 Å². The van der Waals surface area contributed by atoms with E-state index in [1.54, 1.807) is 11.1 Å². The van der Waals surface area contributed by atoms with Crippen molar-refractivity contribution < 1.29 is 0 Å². The highest BCUT2D eigenvalue weighted by molar-refractivity contribution is 5.35. The Labute approximate surface area is 111 Å². The molecule has 2 rings (SSSR count). The largest absolute Gasteiger partial charge is 0.330 e. The molecular formula is C16H26N2. The lowest BCUT2D eigenvalue weighted by atomic mass is 9.88. The van der Waals surface area contributed by atoms with Crippen LogP contribution in [0.4, 0.5) is 0 Å². The van der Waals surface area contributed by atoms with E-state index in [2.05, 4.69) is 37.2 Å². The van der Waals surface area contributed by atoms with Gasteiger partial charge in [-0.15, -0.1) is 0 Å². The molecule has 1 aromatic carbocycles. The Hall–Kier alpha value is -0.860. The van der Waals surface area contributed by atoms with E-state index in [4.69, 9.17) is 5.73 Å². The van der Waals surface area contributed by atoms with Gasteiger partial charge in [0.2, 0.25) is 0 Å². The van der Waals surface area contributed by atoms with Crippen LogP contribution in [0, 0.1) is 0 Å². The lowest BCUT2D eigenvalue weighted by molar-refractivity contribution is 0.280. The molecule has 0 aromatic heterocycles. The molecule has 0 saturated heterocycles. The van der Waals surface area contributed by atoms with Crippen molar-refractivity contribution in [3.8, 4) is 0 Å². The molecule has 18 heavy (non-hydrogen) atoms. The summed E-state index contributed by atoms with van der Waals surface area (Å²) in [5.74, 6) is 0. The van der Waals surface area contributed by atoms with E-state index in [1.807, 2.05) is 0 Å². The Morgan fingerprint density at radius 2 is 1.89 bits per heavy atom. The van der Waals surface area contributed by atoms with Gasteiger partial charge in [0.25, 0.3) is 0 Å². The van der Waals surface area contributed by atoms with Crippen molar-refractivity contribution in [3.05, 3.63) is 34.9 Å². The predicted molar refractivity (Wildman–Crippen MR) is 77.8 cm³/mol. The normalized spacial score (nSPS) is 16.7. The van der Waals surface area contributed by atoms with Gasteiger partial charge in [0.05, 0.1) is 0 Å². The van der Waals surface area contributed by atoms with Gasteiger partial charge in [-0.25, -0.2) is 0 Å². The molecule has 0 fully saturated rings. The average Bonchev–Trinajstić information content (AvgIpc) is 2.38. The van der Waals surface area contributed by atoms with Gasteiger partial charge >= 0.3 is 0 Å². The first-order chi connectivity index (χ1) is 8.72. The van der Waals surface area contributed by atoms with Crippen molar-refractivity contribution in [2.24, 2.45) is 5.73 Å². The summed E-state index contributed by atoms with van der Waals surface area (Å²) in [4.78, 5) is 2.32. The minimum Gasteiger partial charge on any atom is -0.330 e. The zero-order valence-corrected chi connectivity index (χ0v) is 11.8. The van der Waals surface area contributed by atoms with Crippen LogP contribution in [0.25, 0.3) is 0 Å². The number of nitrogens with two attached hydrogens (primary N) is 1. The van der Waals surface area contributed by atoms with Crippen LogP contribution in [0.5, 0.6) is 0 Å². The molecule has 0 heterocycles. The van der Waals surface area contributed by atoms with Gasteiger partial charge < -0.3 is 10.6 Å². The van der Waals surface area contributed by atoms with Crippen LogP contribution in [0.1, 0.15) is 48.4 Å². The topological polar surface area (TPSA) is 29.3 Å². The molecule has 2 nitrogen and oxygen atoms in total. The molecule has 0 spiro atoms. The number of hydrogen-bond donors (Lipinski definition) is 1. The lowest BCUT2D eigenvalue weighted by Gasteiger charge is -2.26. The highest BCUT2D eigenvalue weighted by atomic mass is 15.1. The first-order valence-electron chi connectivity index (χ1n) is 7.20. The number of nitrogens with zero attached hydrogens (tertiary/aromatic N) is 1. The molecule has 0 aliphatic heterocycles. The minimum atomic E-state index is 0.515. The standard InChI is InChI=1S/C16H26N2/c1-18(2)16(8-5-11-17)15-10-9-13-6-3-4-7-14(13)12-15/h9-10,12,16H,3-8,11,17H2,1-2H3. The second-order valence-corrected chi connectivity index (χ2v) is 5.65. The van der Waals surface area contributed by atoms with Crippen molar-refractivity contribution in [2.75, 3.05) is 20.6 Å². The molecule has 1 aliphatic carbocycles. The maximum atomic E-state index is 5.65. The fourth-order valence-corrected chi connectivity index (χ4v) is 2.99. The van der Waals surface area contributed by atoms with E-state index in [1.165, 1.54) is 31.2 Å². The summed E-state index contributed by atoms with van der Waals surface area (Å²) >= 11 is 0. The molecule has 0 bridgehead atoms. The number of rotatable bonds is 5. The summed E-state index contributed by atoms with van der Waals surface area (Å²) in [6.07, 6.45) is 7.50. The van der Waals surface area contributed by atoms with Crippen molar-refractivity contribution >= 4 is 0 Å². The molecule has 100 valence electrons. The molecule has 0 amide bonds. The third-order valence-electron chi connectivity index (χ3n) is 4.06. The molecule has 1 aromatic rings. The van der Waals surface area contributed by atoms with Crippen LogP contribution in [-0.2, 0) is 12.8 Å². The van der Waals surface area contributed by atoms with Crippen LogP contribution in [0.3, 0.4) is 0 Å². The maximum Gasteiger partial charge on any atom is 0.0342 e. The molecule has 2 heteroatoms. The van der Waals surface area contributed by atoms with Crippen molar-refractivity contribution in [3.63, 3.8) is 0 Å². The second kappa shape index (κ2) is 6.35. The number of hydrogen-bond acceptors (Lipinski definition) is 2. The van der Waals surface area contributed by atoms with E-state index >= 15 is 0 Å². The van der Waals surface area contributed by atoms with Crippen LogP contribution in [0.15, 0.2) is 18.2 Å². The van der Waals surface area contributed by atoms with E-state index in [-0.39, 0.29) is 0 Å². The van der Waals surface area contributed by atoms with E-state index in [9.17, 15) is 0 Å². The Morgan fingerprint density at radius 3 is 2.56 bits per heavy atom. The molecule has 2 N–H and O–H groups in total. The van der Waals surface area contributed by atoms with Gasteiger partial charge in [-0.3, -0.25) is 0 Å². The third kappa shape index (κ3) is 3.12. The zero-order chi connectivity index (χ0) is 13.0. The Balaban J connectivity index is 2.19. The Kier molecular flexibility index (Phi) is 4.79. The Bertz CT molecular complexity index is 385. The SMILES string of the molecule is CN(C)C(CCCN)c1ccc2c(c1)CCCC2. The van der Waals surface area contributed by atoms with Crippen LogP contribution < -0.4 is 5.73 Å². The quantitative estimate of drug-likeness (QED) is 0.865. The zero-order valence-electron chi connectivity index (χ0n) is 11.8. The summed E-state index contributed by atoms with van der Waals surface area (Å²) in [6.45, 7) is 0.787. The molecular weight excluding hydrogens is 220 g/mol. The van der Waals surface area contributed by atoms with Crippen LogP contribution >= 0.6 is 0 Å². The summed E-state index contributed by atoms with van der Waals surface area (Å²) in [5, 5.41) is 0. The lowest BCUT2D eigenvalue weighted by Crippen LogP contribution is -2.21. The number of fused-ring (bicyclic) bond motifs is 1.